The summed E-state index contributed by atoms with van der Waals surface area (Å²) in [5.41, 5.74) is 3.58. The smallest absolute Gasteiger partial charge is 0.261 e. The molecule has 0 aliphatic heterocycles. The number of carbonyl (C=O) groups is 1. The number of hydrogen-bond acceptors (Lipinski definition) is 6. The van der Waals surface area contributed by atoms with Gasteiger partial charge in [-0.05, 0) is 53.9 Å². The maximum absolute atomic E-state index is 12.8. The van der Waals surface area contributed by atoms with E-state index < -0.39 is 10.0 Å². The fourth-order valence-electron chi connectivity index (χ4n) is 3.36. The van der Waals surface area contributed by atoms with Crippen LogP contribution in [0.3, 0.4) is 0 Å². The van der Waals surface area contributed by atoms with Gasteiger partial charge in [-0.25, -0.2) is 13.4 Å². The topological polar surface area (TPSA) is 97.4 Å². The van der Waals surface area contributed by atoms with Crippen molar-refractivity contribution in [3.63, 3.8) is 0 Å². The van der Waals surface area contributed by atoms with Crippen LogP contribution in [-0.4, -0.2) is 26.4 Å². The first-order chi connectivity index (χ1) is 16.7. The molecule has 0 bridgehead atoms. The van der Waals surface area contributed by atoms with Crippen LogP contribution in [0.25, 0.3) is 11.3 Å². The minimum absolute atomic E-state index is 0.0879. The largest absolute Gasteiger partial charge is 0.497 e. The first kappa shape index (κ1) is 24.4. The van der Waals surface area contributed by atoms with Crippen molar-refractivity contribution in [1.29, 1.82) is 0 Å². The molecule has 0 aliphatic rings. The zero-order valence-corrected chi connectivity index (χ0v) is 21.1. The highest BCUT2D eigenvalue weighted by Crippen LogP contribution is 2.27. The van der Waals surface area contributed by atoms with E-state index in [4.69, 9.17) is 4.74 Å². The lowest BCUT2D eigenvalue weighted by atomic mass is 10.0. The molecule has 9 heteroatoms. The summed E-state index contributed by atoms with van der Waals surface area (Å²) in [6.07, 6.45) is 0. The molecule has 0 radical (unpaired) electrons. The van der Waals surface area contributed by atoms with E-state index in [2.05, 4.69) is 41.0 Å². The number of anilines is 2. The molecule has 4 rings (SSSR count). The average Bonchev–Trinajstić information content (AvgIpc) is 3.32. The number of ether oxygens (including phenoxy) is 1. The quantitative estimate of drug-likeness (QED) is 0.305. The third kappa shape index (κ3) is 5.87. The molecule has 0 spiro atoms. The van der Waals surface area contributed by atoms with Crippen LogP contribution in [0.5, 0.6) is 5.75 Å². The molecule has 3 aromatic carbocycles. The van der Waals surface area contributed by atoms with E-state index in [0.29, 0.717) is 22.4 Å². The summed E-state index contributed by atoms with van der Waals surface area (Å²) >= 11 is 1.33. The molecule has 35 heavy (non-hydrogen) atoms. The molecule has 0 aliphatic carbocycles. The standard InChI is InChI=1S/C26H25N3O4S2/c1-17(2)18-7-9-19(10-8-18)24-16-34-26(27-24)28-25(30)20-5-4-6-21(15-20)29-35(31,32)23-13-11-22(33-3)12-14-23/h4-17,29H,1-3H3,(H,27,28,30). The Bertz CT molecular complexity index is 1430. The van der Waals surface area contributed by atoms with E-state index in [-0.39, 0.29) is 16.5 Å². The fraction of sp³-hybridized carbons (Fsp3) is 0.154. The first-order valence-electron chi connectivity index (χ1n) is 10.9. The van der Waals surface area contributed by atoms with Gasteiger partial charge in [0.05, 0.1) is 17.7 Å². The van der Waals surface area contributed by atoms with Gasteiger partial charge in [0.25, 0.3) is 15.9 Å². The van der Waals surface area contributed by atoms with E-state index in [1.165, 1.54) is 42.2 Å². The van der Waals surface area contributed by atoms with Gasteiger partial charge in [-0.2, -0.15) is 0 Å². The van der Waals surface area contributed by atoms with Crippen molar-refractivity contribution in [1.82, 2.24) is 4.98 Å². The summed E-state index contributed by atoms with van der Waals surface area (Å²) in [6.45, 7) is 4.29. The Kier molecular flexibility index (Phi) is 7.18. The number of aromatic nitrogens is 1. The van der Waals surface area contributed by atoms with Crippen molar-refractivity contribution in [2.45, 2.75) is 24.7 Å². The van der Waals surface area contributed by atoms with E-state index in [0.717, 1.165) is 11.3 Å². The summed E-state index contributed by atoms with van der Waals surface area (Å²) < 4.78 is 33.0. The van der Waals surface area contributed by atoms with Gasteiger partial charge in [-0.15, -0.1) is 11.3 Å². The molecule has 0 saturated heterocycles. The first-order valence-corrected chi connectivity index (χ1v) is 13.3. The van der Waals surface area contributed by atoms with Gasteiger partial charge >= 0.3 is 0 Å². The van der Waals surface area contributed by atoms with Crippen LogP contribution >= 0.6 is 11.3 Å². The zero-order chi connectivity index (χ0) is 25.0. The zero-order valence-electron chi connectivity index (χ0n) is 19.5. The van der Waals surface area contributed by atoms with Gasteiger partial charge in [0.1, 0.15) is 5.75 Å². The molecule has 180 valence electrons. The molecule has 4 aromatic rings. The highest BCUT2D eigenvalue weighted by atomic mass is 32.2. The lowest BCUT2D eigenvalue weighted by molar-refractivity contribution is 0.102. The number of sulfonamides is 1. The van der Waals surface area contributed by atoms with Gasteiger partial charge < -0.3 is 4.74 Å². The number of rotatable bonds is 8. The SMILES string of the molecule is COc1ccc(S(=O)(=O)Nc2cccc(C(=O)Nc3nc(-c4ccc(C(C)C)cc4)cs3)c2)cc1. The van der Waals surface area contributed by atoms with Crippen molar-refractivity contribution in [3.8, 4) is 17.0 Å². The van der Waals surface area contributed by atoms with Gasteiger partial charge in [-0.3, -0.25) is 14.8 Å². The van der Waals surface area contributed by atoms with Crippen molar-refractivity contribution in [3.05, 3.63) is 89.3 Å². The summed E-state index contributed by atoms with van der Waals surface area (Å²) in [5, 5.41) is 5.14. The van der Waals surface area contributed by atoms with Crippen LogP contribution in [0.15, 0.2) is 83.1 Å². The highest BCUT2D eigenvalue weighted by molar-refractivity contribution is 7.92. The Hall–Kier alpha value is -3.69. The minimum Gasteiger partial charge on any atom is -0.497 e. The predicted molar refractivity (Wildman–Crippen MR) is 140 cm³/mol. The molecular formula is C26H25N3O4S2. The third-order valence-electron chi connectivity index (χ3n) is 5.34. The fourth-order valence-corrected chi connectivity index (χ4v) is 5.13. The Labute approximate surface area is 208 Å². The van der Waals surface area contributed by atoms with E-state index in [9.17, 15) is 13.2 Å². The van der Waals surface area contributed by atoms with Gasteiger partial charge in [0.15, 0.2) is 5.13 Å². The second kappa shape index (κ2) is 10.3. The molecule has 1 amide bonds. The number of carbonyl (C=O) groups excluding carboxylic acids is 1. The molecule has 0 atom stereocenters. The summed E-state index contributed by atoms with van der Waals surface area (Å²) in [6, 6.07) is 20.5. The molecule has 2 N–H and O–H groups in total. The average molecular weight is 508 g/mol. The number of nitrogens with zero attached hydrogens (tertiary/aromatic N) is 1. The monoisotopic (exact) mass is 507 g/mol. The van der Waals surface area contributed by atoms with Gasteiger partial charge in [0, 0.05) is 22.2 Å². The number of amides is 1. The second-order valence-electron chi connectivity index (χ2n) is 8.13. The number of thiazole rings is 1. The Morgan fingerprint density at radius 3 is 2.37 bits per heavy atom. The summed E-state index contributed by atoms with van der Waals surface area (Å²) in [7, 11) is -2.31. The summed E-state index contributed by atoms with van der Waals surface area (Å²) in [5.74, 6) is 0.623. The number of nitrogens with one attached hydrogen (secondary N) is 2. The molecule has 1 heterocycles. The van der Waals surface area contributed by atoms with Crippen molar-refractivity contribution in [2.24, 2.45) is 0 Å². The lowest BCUT2D eigenvalue weighted by Gasteiger charge is -2.10. The van der Waals surface area contributed by atoms with Crippen LogP contribution in [0.1, 0.15) is 35.7 Å². The van der Waals surface area contributed by atoms with Crippen LogP contribution < -0.4 is 14.8 Å². The Morgan fingerprint density at radius 2 is 1.71 bits per heavy atom. The van der Waals surface area contributed by atoms with E-state index in [1.807, 2.05) is 17.5 Å². The highest BCUT2D eigenvalue weighted by Gasteiger charge is 2.16. The molecule has 0 saturated carbocycles. The molecule has 0 fully saturated rings. The molecular weight excluding hydrogens is 482 g/mol. The number of hydrogen-bond donors (Lipinski definition) is 2. The second-order valence-corrected chi connectivity index (χ2v) is 10.7. The number of benzene rings is 3. The van der Waals surface area contributed by atoms with Crippen molar-refractivity contribution < 1.29 is 17.9 Å². The minimum atomic E-state index is -3.82. The van der Waals surface area contributed by atoms with Gasteiger partial charge in [0.2, 0.25) is 0 Å². The summed E-state index contributed by atoms with van der Waals surface area (Å²) in [4.78, 5) is 17.4. The third-order valence-corrected chi connectivity index (χ3v) is 7.50. The van der Waals surface area contributed by atoms with E-state index >= 15 is 0 Å². The Morgan fingerprint density at radius 1 is 1.00 bits per heavy atom. The lowest BCUT2D eigenvalue weighted by Crippen LogP contribution is -2.15. The molecule has 7 nitrogen and oxygen atoms in total. The number of methoxy groups -OCH3 is 1. The normalized spacial score (nSPS) is 11.3. The van der Waals surface area contributed by atoms with Gasteiger partial charge in [-0.1, -0.05) is 44.2 Å². The Balaban J connectivity index is 1.45. The maximum atomic E-state index is 12.8. The van der Waals surface area contributed by atoms with Crippen LogP contribution in [0, 0.1) is 0 Å². The molecule has 1 aromatic heterocycles. The van der Waals surface area contributed by atoms with Crippen molar-refractivity contribution in [2.75, 3.05) is 17.1 Å². The van der Waals surface area contributed by atoms with E-state index in [1.54, 1.807) is 30.3 Å². The van der Waals surface area contributed by atoms with Crippen molar-refractivity contribution >= 4 is 38.1 Å². The molecule has 0 unspecified atom stereocenters. The van der Waals surface area contributed by atoms with Crippen LogP contribution in [-0.2, 0) is 10.0 Å². The predicted octanol–water partition coefficient (Wildman–Crippen LogP) is 6.00. The maximum Gasteiger partial charge on any atom is 0.261 e. The van der Waals surface area contributed by atoms with Crippen LogP contribution in [0.2, 0.25) is 0 Å². The van der Waals surface area contributed by atoms with Crippen LogP contribution in [0.4, 0.5) is 10.8 Å².